The fraction of sp³-hybridized carbons (Fsp3) is 0.222. The second-order valence-corrected chi connectivity index (χ2v) is 3.05. The fourth-order valence-corrected chi connectivity index (χ4v) is 1.12. The molecule has 1 aromatic rings. The lowest BCUT2D eigenvalue weighted by Crippen LogP contribution is -2.16. The van der Waals surface area contributed by atoms with Crippen LogP contribution in [0.4, 0.5) is 18.9 Å². The average molecular weight is 218 g/mol. The van der Waals surface area contributed by atoms with Crippen molar-refractivity contribution in [3.05, 3.63) is 29.3 Å². The standard InChI is InChI=1S/C9H9F3N2O/c10-9(11,12)6-1-2-7(13)5(3-6)4-8(14)15/h1-3H,4,13H2,(H2,14,15). The summed E-state index contributed by atoms with van der Waals surface area (Å²) in [5, 5.41) is 0. The molecule has 1 amide bonds. The molecule has 0 heterocycles. The summed E-state index contributed by atoms with van der Waals surface area (Å²) in [5.74, 6) is -0.721. The number of alkyl halides is 3. The van der Waals surface area contributed by atoms with E-state index >= 15 is 0 Å². The van der Waals surface area contributed by atoms with Crippen LogP contribution in [-0.4, -0.2) is 5.91 Å². The number of carbonyl (C=O) groups is 1. The Hall–Kier alpha value is -1.72. The lowest BCUT2D eigenvalue weighted by atomic mass is 10.1. The maximum atomic E-state index is 12.3. The number of nitrogens with two attached hydrogens (primary N) is 2. The van der Waals surface area contributed by atoms with Gasteiger partial charge in [0.1, 0.15) is 0 Å². The van der Waals surface area contributed by atoms with Gasteiger partial charge in [-0.2, -0.15) is 13.2 Å². The Kier molecular flexibility index (Phi) is 2.88. The molecule has 15 heavy (non-hydrogen) atoms. The van der Waals surface area contributed by atoms with Gasteiger partial charge in [0.05, 0.1) is 12.0 Å². The SMILES string of the molecule is NC(=O)Cc1cc(C(F)(F)F)ccc1N. The van der Waals surface area contributed by atoms with E-state index in [-0.39, 0.29) is 17.7 Å². The Morgan fingerprint density at radius 2 is 1.93 bits per heavy atom. The predicted octanol–water partition coefficient (Wildman–Crippen LogP) is 1.32. The highest BCUT2D eigenvalue weighted by atomic mass is 19.4. The lowest BCUT2D eigenvalue weighted by molar-refractivity contribution is -0.137. The summed E-state index contributed by atoms with van der Waals surface area (Å²) in [5.41, 5.74) is 9.66. The second kappa shape index (κ2) is 3.80. The fourth-order valence-electron chi connectivity index (χ4n) is 1.12. The second-order valence-electron chi connectivity index (χ2n) is 3.05. The summed E-state index contributed by atoms with van der Waals surface area (Å²) in [6.45, 7) is 0. The largest absolute Gasteiger partial charge is 0.416 e. The number of hydrogen-bond acceptors (Lipinski definition) is 2. The van der Waals surface area contributed by atoms with Crippen LogP contribution in [0.3, 0.4) is 0 Å². The van der Waals surface area contributed by atoms with Gasteiger partial charge in [0.2, 0.25) is 5.91 Å². The quantitative estimate of drug-likeness (QED) is 0.735. The zero-order valence-electron chi connectivity index (χ0n) is 7.64. The third kappa shape index (κ3) is 2.87. The van der Waals surface area contributed by atoms with Crippen molar-refractivity contribution in [3.8, 4) is 0 Å². The maximum absolute atomic E-state index is 12.3. The van der Waals surface area contributed by atoms with Crippen molar-refractivity contribution in [2.24, 2.45) is 5.73 Å². The molecule has 1 rings (SSSR count). The molecule has 0 spiro atoms. The predicted molar refractivity (Wildman–Crippen MR) is 48.8 cm³/mol. The van der Waals surface area contributed by atoms with Crippen molar-refractivity contribution >= 4 is 11.6 Å². The number of anilines is 1. The van der Waals surface area contributed by atoms with E-state index in [2.05, 4.69) is 0 Å². The zero-order chi connectivity index (χ0) is 11.6. The first-order chi connectivity index (χ1) is 6.80. The zero-order valence-corrected chi connectivity index (χ0v) is 7.64. The first kappa shape index (κ1) is 11.4. The molecule has 0 aliphatic rings. The molecule has 6 heteroatoms. The average Bonchev–Trinajstić information content (AvgIpc) is 2.06. The van der Waals surface area contributed by atoms with E-state index in [1.807, 2.05) is 0 Å². The highest BCUT2D eigenvalue weighted by Gasteiger charge is 2.30. The molecule has 0 saturated carbocycles. The minimum absolute atomic E-state index is 0.0947. The number of halogens is 3. The van der Waals surface area contributed by atoms with E-state index in [0.29, 0.717) is 0 Å². The molecule has 0 atom stereocenters. The van der Waals surface area contributed by atoms with Crippen LogP contribution in [-0.2, 0) is 17.4 Å². The summed E-state index contributed by atoms with van der Waals surface area (Å²) in [6, 6.07) is 2.81. The van der Waals surface area contributed by atoms with Crippen LogP contribution in [0.5, 0.6) is 0 Å². The third-order valence-electron chi connectivity index (χ3n) is 1.83. The topological polar surface area (TPSA) is 69.1 Å². The summed E-state index contributed by atoms with van der Waals surface area (Å²) >= 11 is 0. The van der Waals surface area contributed by atoms with Gasteiger partial charge >= 0.3 is 6.18 Å². The highest BCUT2D eigenvalue weighted by molar-refractivity contribution is 5.78. The van der Waals surface area contributed by atoms with Crippen LogP contribution >= 0.6 is 0 Å². The smallest absolute Gasteiger partial charge is 0.398 e. The number of benzene rings is 1. The third-order valence-corrected chi connectivity index (χ3v) is 1.83. The monoisotopic (exact) mass is 218 g/mol. The summed E-state index contributed by atoms with van der Waals surface area (Å²) in [4.78, 5) is 10.6. The molecule has 0 aliphatic heterocycles. The Bertz CT molecular complexity index is 387. The van der Waals surface area contributed by atoms with Crippen LogP contribution in [0, 0.1) is 0 Å². The molecule has 0 saturated heterocycles. The van der Waals surface area contributed by atoms with E-state index in [4.69, 9.17) is 11.5 Å². The van der Waals surface area contributed by atoms with Crippen LogP contribution in [0.1, 0.15) is 11.1 Å². The molecule has 0 radical (unpaired) electrons. The van der Waals surface area contributed by atoms with Crippen LogP contribution in [0.25, 0.3) is 0 Å². The van der Waals surface area contributed by atoms with Crippen molar-refractivity contribution < 1.29 is 18.0 Å². The first-order valence-corrected chi connectivity index (χ1v) is 4.04. The van der Waals surface area contributed by atoms with Gasteiger partial charge in [0, 0.05) is 5.69 Å². The number of amides is 1. The van der Waals surface area contributed by atoms with Crippen molar-refractivity contribution in [3.63, 3.8) is 0 Å². The molecule has 1 aromatic carbocycles. The number of primary amides is 1. The molecule has 82 valence electrons. The number of hydrogen-bond donors (Lipinski definition) is 2. The minimum Gasteiger partial charge on any atom is -0.398 e. The number of carbonyl (C=O) groups excluding carboxylic acids is 1. The first-order valence-electron chi connectivity index (χ1n) is 4.04. The van der Waals surface area contributed by atoms with Crippen LogP contribution < -0.4 is 11.5 Å². The molecule has 0 aliphatic carbocycles. The van der Waals surface area contributed by atoms with E-state index in [1.54, 1.807) is 0 Å². The lowest BCUT2D eigenvalue weighted by Gasteiger charge is -2.09. The van der Waals surface area contributed by atoms with Gasteiger partial charge in [-0.1, -0.05) is 0 Å². The van der Waals surface area contributed by atoms with Gasteiger partial charge in [-0.05, 0) is 23.8 Å². The Morgan fingerprint density at radius 3 is 2.40 bits per heavy atom. The van der Waals surface area contributed by atoms with Crippen LogP contribution in [0.2, 0.25) is 0 Å². The number of nitrogen functional groups attached to an aromatic ring is 1. The molecular weight excluding hydrogens is 209 g/mol. The normalized spacial score (nSPS) is 11.4. The molecule has 3 nitrogen and oxygen atoms in total. The Morgan fingerprint density at radius 1 is 1.33 bits per heavy atom. The van der Waals surface area contributed by atoms with Gasteiger partial charge < -0.3 is 11.5 Å². The van der Waals surface area contributed by atoms with Gasteiger partial charge in [0.25, 0.3) is 0 Å². The molecular formula is C9H9F3N2O. The summed E-state index contributed by atoms with van der Waals surface area (Å²) in [7, 11) is 0. The van der Waals surface area contributed by atoms with Gasteiger partial charge in [0.15, 0.2) is 0 Å². The van der Waals surface area contributed by atoms with E-state index in [0.717, 1.165) is 18.2 Å². The highest BCUT2D eigenvalue weighted by Crippen LogP contribution is 2.31. The summed E-state index contributed by atoms with van der Waals surface area (Å²) in [6.07, 6.45) is -4.74. The molecule has 0 aromatic heterocycles. The molecule has 0 bridgehead atoms. The Labute approximate surface area is 83.9 Å². The van der Waals surface area contributed by atoms with Crippen molar-refractivity contribution in [1.29, 1.82) is 0 Å². The summed E-state index contributed by atoms with van der Waals surface area (Å²) < 4.78 is 36.8. The number of rotatable bonds is 2. The van der Waals surface area contributed by atoms with Gasteiger partial charge in [-0.3, -0.25) is 4.79 Å². The van der Waals surface area contributed by atoms with Crippen molar-refractivity contribution in [1.82, 2.24) is 0 Å². The van der Waals surface area contributed by atoms with Crippen molar-refractivity contribution in [2.75, 3.05) is 5.73 Å². The molecule has 4 N–H and O–H groups in total. The van der Waals surface area contributed by atoms with Gasteiger partial charge in [-0.15, -0.1) is 0 Å². The maximum Gasteiger partial charge on any atom is 0.416 e. The van der Waals surface area contributed by atoms with Gasteiger partial charge in [-0.25, -0.2) is 0 Å². The van der Waals surface area contributed by atoms with E-state index in [9.17, 15) is 18.0 Å². The van der Waals surface area contributed by atoms with E-state index in [1.165, 1.54) is 0 Å². The van der Waals surface area contributed by atoms with E-state index < -0.39 is 17.6 Å². The Balaban J connectivity index is 3.11. The van der Waals surface area contributed by atoms with Crippen molar-refractivity contribution in [2.45, 2.75) is 12.6 Å². The minimum atomic E-state index is -4.44. The molecule has 0 unspecified atom stereocenters. The molecule has 0 fully saturated rings. The van der Waals surface area contributed by atoms with Crippen LogP contribution in [0.15, 0.2) is 18.2 Å².